The highest BCUT2D eigenvalue weighted by molar-refractivity contribution is 5.95. The van der Waals surface area contributed by atoms with Crippen LogP contribution in [0.2, 0.25) is 0 Å². The fourth-order valence-electron chi connectivity index (χ4n) is 2.42. The Hall–Kier alpha value is -3.48. The van der Waals surface area contributed by atoms with Crippen molar-refractivity contribution in [2.45, 2.75) is 0 Å². The van der Waals surface area contributed by atoms with Crippen LogP contribution in [-0.4, -0.2) is 30.3 Å². The van der Waals surface area contributed by atoms with Crippen molar-refractivity contribution >= 4 is 28.5 Å². The number of rotatable bonds is 5. The Kier molecular flexibility index (Phi) is 4.56. The first kappa shape index (κ1) is 16.4. The lowest BCUT2D eigenvalue weighted by Crippen LogP contribution is -1.92. The zero-order valence-corrected chi connectivity index (χ0v) is 13.7. The van der Waals surface area contributed by atoms with E-state index in [2.05, 4.69) is 9.98 Å². The summed E-state index contributed by atoms with van der Waals surface area (Å²) >= 11 is 0. The van der Waals surface area contributed by atoms with Gasteiger partial charge in [-0.2, -0.15) is 0 Å². The number of nitrogens with zero attached hydrogens (tertiary/aromatic N) is 3. The minimum Gasteiger partial charge on any atom is -0.497 e. The predicted molar refractivity (Wildman–Crippen MR) is 95.2 cm³/mol. The van der Waals surface area contributed by atoms with Crippen LogP contribution >= 0.6 is 0 Å². The molecule has 2 aromatic carbocycles. The van der Waals surface area contributed by atoms with Crippen LogP contribution in [0.4, 0.5) is 11.5 Å². The summed E-state index contributed by atoms with van der Waals surface area (Å²) in [6.07, 6.45) is 3.21. The molecule has 0 saturated heterocycles. The first-order chi connectivity index (χ1) is 12.1. The summed E-state index contributed by atoms with van der Waals surface area (Å²) in [4.78, 5) is 19.1. The van der Waals surface area contributed by atoms with Gasteiger partial charge in [0.15, 0.2) is 5.82 Å². The second-order valence-electron chi connectivity index (χ2n) is 5.16. The number of nitro groups is 1. The molecule has 7 nitrogen and oxygen atoms in total. The molecule has 1 heterocycles. The van der Waals surface area contributed by atoms with Gasteiger partial charge in [0, 0.05) is 41.6 Å². The standard InChI is InChI=1S/C18H15N3O4/c1-24-15-5-3-13(17(10-15)25-2)11-20-18-16-6-4-14(21(22)23)9-12(16)7-8-19-18/h3-11H,1-2H3. The van der Waals surface area contributed by atoms with Gasteiger partial charge in [-0.15, -0.1) is 0 Å². The fraction of sp³-hybridized carbons (Fsp3) is 0.111. The summed E-state index contributed by atoms with van der Waals surface area (Å²) in [7, 11) is 3.16. The second-order valence-corrected chi connectivity index (χ2v) is 5.16. The molecule has 0 atom stereocenters. The maximum absolute atomic E-state index is 10.9. The van der Waals surface area contributed by atoms with E-state index in [9.17, 15) is 10.1 Å². The summed E-state index contributed by atoms with van der Waals surface area (Å²) in [5.41, 5.74) is 0.800. The molecule has 0 aliphatic carbocycles. The van der Waals surface area contributed by atoms with Gasteiger partial charge in [-0.25, -0.2) is 9.98 Å². The van der Waals surface area contributed by atoms with Crippen LogP contribution in [0.3, 0.4) is 0 Å². The lowest BCUT2D eigenvalue weighted by molar-refractivity contribution is -0.384. The Morgan fingerprint density at radius 3 is 2.68 bits per heavy atom. The van der Waals surface area contributed by atoms with E-state index < -0.39 is 4.92 Å². The highest BCUT2D eigenvalue weighted by Crippen LogP contribution is 2.28. The zero-order valence-electron chi connectivity index (χ0n) is 13.7. The summed E-state index contributed by atoms with van der Waals surface area (Å²) < 4.78 is 10.5. The molecule has 0 amide bonds. The van der Waals surface area contributed by atoms with Crippen LogP contribution in [0.1, 0.15) is 5.56 Å². The number of ether oxygens (including phenoxy) is 2. The van der Waals surface area contributed by atoms with Gasteiger partial charge in [0.2, 0.25) is 0 Å². The van der Waals surface area contributed by atoms with E-state index in [-0.39, 0.29) is 5.69 Å². The van der Waals surface area contributed by atoms with E-state index in [4.69, 9.17) is 9.47 Å². The van der Waals surface area contributed by atoms with Gasteiger partial charge in [-0.1, -0.05) is 0 Å². The molecule has 25 heavy (non-hydrogen) atoms. The monoisotopic (exact) mass is 337 g/mol. The van der Waals surface area contributed by atoms with Crippen LogP contribution in [0, 0.1) is 10.1 Å². The lowest BCUT2D eigenvalue weighted by Gasteiger charge is -2.07. The molecule has 0 spiro atoms. The van der Waals surface area contributed by atoms with E-state index >= 15 is 0 Å². The normalized spacial score (nSPS) is 11.0. The van der Waals surface area contributed by atoms with Crippen molar-refractivity contribution in [1.29, 1.82) is 0 Å². The smallest absolute Gasteiger partial charge is 0.270 e. The van der Waals surface area contributed by atoms with Gasteiger partial charge in [0.05, 0.1) is 19.1 Å². The molecule has 0 fully saturated rings. The molecular weight excluding hydrogens is 322 g/mol. The number of hydrogen-bond acceptors (Lipinski definition) is 6. The molecule has 0 bridgehead atoms. The molecule has 0 N–H and O–H groups in total. The van der Waals surface area contributed by atoms with Crippen LogP contribution in [0.15, 0.2) is 53.7 Å². The highest BCUT2D eigenvalue weighted by atomic mass is 16.6. The van der Waals surface area contributed by atoms with Gasteiger partial charge >= 0.3 is 0 Å². The minimum absolute atomic E-state index is 0.0328. The van der Waals surface area contributed by atoms with Gasteiger partial charge in [0.25, 0.3) is 5.69 Å². The molecule has 0 aliphatic heterocycles. The molecule has 3 aromatic rings. The van der Waals surface area contributed by atoms with E-state index in [1.807, 2.05) is 12.1 Å². The SMILES string of the molecule is COc1ccc(C=Nc2nccc3cc([N+](=O)[O-])ccc23)c(OC)c1. The van der Waals surface area contributed by atoms with Crippen LogP contribution in [0.5, 0.6) is 11.5 Å². The van der Waals surface area contributed by atoms with Gasteiger partial charge in [-0.3, -0.25) is 10.1 Å². The summed E-state index contributed by atoms with van der Waals surface area (Å²) in [5, 5.41) is 12.3. The van der Waals surface area contributed by atoms with E-state index in [1.165, 1.54) is 12.1 Å². The van der Waals surface area contributed by atoms with Gasteiger partial charge < -0.3 is 9.47 Å². The quantitative estimate of drug-likeness (QED) is 0.400. The van der Waals surface area contributed by atoms with Crippen LogP contribution < -0.4 is 9.47 Å². The molecule has 3 rings (SSSR count). The summed E-state index contributed by atoms with van der Waals surface area (Å²) in [5.74, 6) is 1.79. The Labute approximate surface area is 143 Å². The van der Waals surface area contributed by atoms with Crippen molar-refractivity contribution in [2.75, 3.05) is 14.2 Å². The van der Waals surface area contributed by atoms with Gasteiger partial charge in [-0.05, 0) is 29.7 Å². The molecule has 0 radical (unpaired) electrons. The predicted octanol–water partition coefficient (Wildman–Crippen LogP) is 3.91. The number of non-ortho nitro benzene ring substituents is 1. The van der Waals surface area contributed by atoms with E-state index in [0.29, 0.717) is 22.7 Å². The van der Waals surface area contributed by atoms with Crippen molar-refractivity contribution in [3.63, 3.8) is 0 Å². The van der Waals surface area contributed by atoms with E-state index in [0.717, 1.165) is 10.9 Å². The number of aliphatic imine (C=N–C) groups is 1. The van der Waals surface area contributed by atoms with E-state index in [1.54, 1.807) is 44.8 Å². The maximum Gasteiger partial charge on any atom is 0.270 e. The minimum atomic E-state index is -0.426. The number of benzene rings is 2. The molecule has 126 valence electrons. The van der Waals surface area contributed by atoms with Crippen molar-refractivity contribution in [3.8, 4) is 11.5 Å². The largest absolute Gasteiger partial charge is 0.497 e. The van der Waals surface area contributed by atoms with Gasteiger partial charge in [0.1, 0.15) is 11.5 Å². The summed E-state index contributed by atoms with van der Waals surface area (Å²) in [6.45, 7) is 0. The number of hydrogen-bond donors (Lipinski definition) is 0. The van der Waals surface area contributed by atoms with Crippen LogP contribution in [0.25, 0.3) is 10.8 Å². The van der Waals surface area contributed by atoms with Crippen molar-refractivity contribution in [2.24, 2.45) is 4.99 Å². The lowest BCUT2D eigenvalue weighted by atomic mass is 10.1. The second kappa shape index (κ2) is 6.96. The van der Waals surface area contributed by atoms with Crippen molar-refractivity contribution in [1.82, 2.24) is 4.98 Å². The molecular formula is C18H15N3O4. The Bertz CT molecular complexity index is 970. The molecule has 0 unspecified atom stereocenters. The summed E-state index contributed by atoms with van der Waals surface area (Å²) in [6, 6.07) is 11.7. The number of aromatic nitrogens is 1. The molecule has 0 saturated carbocycles. The number of fused-ring (bicyclic) bond motifs is 1. The first-order valence-electron chi connectivity index (χ1n) is 7.41. The number of nitro benzene ring substituents is 1. The molecule has 7 heteroatoms. The fourth-order valence-corrected chi connectivity index (χ4v) is 2.42. The third kappa shape index (κ3) is 3.40. The third-order valence-corrected chi connectivity index (χ3v) is 3.70. The highest BCUT2D eigenvalue weighted by Gasteiger charge is 2.09. The maximum atomic E-state index is 10.9. The first-order valence-corrected chi connectivity index (χ1v) is 7.41. The number of pyridine rings is 1. The number of methoxy groups -OCH3 is 2. The van der Waals surface area contributed by atoms with Crippen LogP contribution in [-0.2, 0) is 0 Å². The van der Waals surface area contributed by atoms with Crippen molar-refractivity contribution in [3.05, 3.63) is 64.3 Å². The Morgan fingerprint density at radius 2 is 1.96 bits per heavy atom. The zero-order chi connectivity index (χ0) is 17.8. The Balaban J connectivity index is 2.00. The average Bonchev–Trinajstić information content (AvgIpc) is 2.65. The Morgan fingerprint density at radius 1 is 1.12 bits per heavy atom. The average molecular weight is 337 g/mol. The van der Waals surface area contributed by atoms with Crippen molar-refractivity contribution < 1.29 is 14.4 Å². The molecule has 0 aliphatic rings. The third-order valence-electron chi connectivity index (χ3n) is 3.70. The molecule has 1 aromatic heterocycles. The topological polar surface area (TPSA) is 86.9 Å².